The molecule has 1 unspecified atom stereocenters. The van der Waals surface area contributed by atoms with Crippen LogP contribution in [0.4, 0.5) is 5.69 Å². The van der Waals surface area contributed by atoms with Crippen molar-refractivity contribution in [1.29, 1.82) is 0 Å². The molecule has 0 fully saturated rings. The second kappa shape index (κ2) is 10.8. The molecule has 2 aromatic heterocycles. The fourth-order valence-electron chi connectivity index (χ4n) is 3.69. The van der Waals surface area contributed by atoms with Crippen LogP contribution in [0.1, 0.15) is 36.1 Å². The summed E-state index contributed by atoms with van der Waals surface area (Å²) >= 11 is 0. The zero-order valence-electron chi connectivity index (χ0n) is 20.6. The Kier molecular flexibility index (Phi) is 7.55. The van der Waals surface area contributed by atoms with Gasteiger partial charge in [0.2, 0.25) is 5.82 Å². The van der Waals surface area contributed by atoms with Crippen LogP contribution < -0.4 is 9.04 Å². The second-order valence-electron chi connectivity index (χ2n) is 8.96. The summed E-state index contributed by atoms with van der Waals surface area (Å²) in [4.78, 5) is 4.82. The van der Waals surface area contributed by atoms with Crippen molar-refractivity contribution in [2.75, 3.05) is 10.8 Å². The van der Waals surface area contributed by atoms with Gasteiger partial charge >= 0.3 is 0 Å². The molecule has 4 aromatic rings. The Hall–Kier alpha value is -3.59. The third-order valence-electron chi connectivity index (χ3n) is 5.74. The predicted octanol–water partition coefficient (Wildman–Crippen LogP) is 4.95. The molecule has 2 heterocycles. The maximum atomic E-state index is 13.6. The number of pyridine rings is 1. The fourth-order valence-corrected chi connectivity index (χ4v) is 5.04. The lowest BCUT2D eigenvalue weighted by Gasteiger charge is -2.28. The molecule has 4 rings (SSSR count). The number of nitrogens with zero attached hydrogens (tertiary/aromatic N) is 5. The van der Waals surface area contributed by atoms with Crippen LogP contribution in [0.5, 0.6) is 5.75 Å². The maximum Gasteiger partial charge on any atom is 0.204 e. The molecule has 0 spiro atoms. The van der Waals surface area contributed by atoms with Gasteiger partial charge in [-0.3, -0.25) is 9.29 Å². The number of rotatable bonds is 9. The van der Waals surface area contributed by atoms with Gasteiger partial charge in [0.25, 0.3) is 0 Å². The standard InChI is InChI=1S/C26H30N6O2S/c1-17(2)15-32(35(33)23-7-6-10-27-14-23)24-12-18(3)19(4)13-25(24)34-16-22-9-8-21(11-20(22)5)26-28-30-31-29-26/h6-14,17H,15-16H2,1-5H3,(H,28,29,30,31). The van der Waals surface area contributed by atoms with Crippen LogP contribution in [0, 0.1) is 26.7 Å². The number of hydrogen-bond acceptors (Lipinski definition) is 6. The lowest BCUT2D eigenvalue weighted by atomic mass is 10.1. The summed E-state index contributed by atoms with van der Waals surface area (Å²) in [5.41, 5.74) is 6.04. The van der Waals surface area contributed by atoms with Crippen molar-refractivity contribution in [1.82, 2.24) is 25.6 Å². The molecule has 9 heteroatoms. The molecular formula is C26H30N6O2S. The fraction of sp³-hybridized carbons (Fsp3) is 0.308. The number of ether oxygens (including phenoxy) is 1. The molecular weight excluding hydrogens is 460 g/mol. The Bertz CT molecular complexity index is 1310. The lowest BCUT2D eigenvalue weighted by Crippen LogP contribution is -2.30. The summed E-state index contributed by atoms with van der Waals surface area (Å²) in [6.07, 6.45) is 3.34. The first-order chi connectivity index (χ1) is 16.8. The van der Waals surface area contributed by atoms with Gasteiger partial charge in [-0.15, -0.1) is 10.2 Å². The third kappa shape index (κ3) is 5.74. The summed E-state index contributed by atoms with van der Waals surface area (Å²) in [6, 6.07) is 13.7. The van der Waals surface area contributed by atoms with Gasteiger partial charge in [0.15, 0.2) is 11.0 Å². The van der Waals surface area contributed by atoms with Gasteiger partial charge in [-0.1, -0.05) is 26.0 Å². The Balaban J connectivity index is 1.65. The van der Waals surface area contributed by atoms with Gasteiger partial charge in [-0.05, 0) is 84.5 Å². The van der Waals surface area contributed by atoms with E-state index < -0.39 is 11.0 Å². The second-order valence-corrected chi connectivity index (χ2v) is 10.4. The molecule has 2 aromatic carbocycles. The maximum absolute atomic E-state index is 13.6. The Morgan fingerprint density at radius 2 is 1.86 bits per heavy atom. The van der Waals surface area contributed by atoms with Crippen molar-refractivity contribution in [3.63, 3.8) is 0 Å². The van der Waals surface area contributed by atoms with Crippen LogP contribution in [-0.4, -0.2) is 36.4 Å². The highest BCUT2D eigenvalue weighted by Gasteiger charge is 2.22. The van der Waals surface area contributed by atoms with Crippen LogP contribution in [0.2, 0.25) is 0 Å². The molecule has 35 heavy (non-hydrogen) atoms. The third-order valence-corrected chi connectivity index (χ3v) is 7.13. The van der Waals surface area contributed by atoms with Gasteiger partial charge < -0.3 is 4.74 Å². The molecule has 0 aliphatic heterocycles. The quantitative estimate of drug-likeness (QED) is 0.357. The van der Waals surface area contributed by atoms with E-state index in [9.17, 15) is 4.21 Å². The Morgan fingerprint density at radius 3 is 2.51 bits per heavy atom. The molecule has 0 aliphatic carbocycles. The minimum Gasteiger partial charge on any atom is -0.487 e. The molecule has 8 nitrogen and oxygen atoms in total. The smallest absolute Gasteiger partial charge is 0.204 e. The summed E-state index contributed by atoms with van der Waals surface area (Å²) in [5.74, 6) is 1.55. The summed E-state index contributed by atoms with van der Waals surface area (Å²) < 4.78 is 21.9. The Labute approximate surface area is 208 Å². The van der Waals surface area contributed by atoms with E-state index in [0.29, 0.717) is 35.5 Å². The minimum absolute atomic E-state index is 0.296. The van der Waals surface area contributed by atoms with Crippen LogP contribution in [0.3, 0.4) is 0 Å². The first-order valence-corrected chi connectivity index (χ1v) is 12.6. The number of aromatic amines is 1. The predicted molar refractivity (Wildman–Crippen MR) is 137 cm³/mol. The van der Waals surface area contributed by atoms with E-state index in [1.54, 1.807) is 18.5 Å². The number of tetrazole rings is 1. The number of aryl methyl sites for hydroxylation is 3. The highest BCUT2D eigenvalue weighted by Crippen LogP contribution is 2.35. The minimum atomic E-state index is -1.42. The van der Waals surface area contributed by atoms with Crippen molar-refractivity contribution >= 4 is 16.7 Å². The van der Waals surface area contributed by atoms with Crippen molar-refractivity contribution in [2.45, 2.75) is 46.1 Å². The molecule has 0 bridgehead atoms. The van der Waals surface area contributed by atoms with Gasteiger partial charge in [-0.25, -0.2) is 4.21 Å². The van der Waals surface area contributed by atoms with E-state index in [1.807, 2.05) is 41.6 Å². The molecule has 1 atom stereocenters. The first kappa shape index (κ1) is 24.5. The molecule has 0 radical (unpaired) electrons. The zero-order valence-corrected chi connectivity index (χ0v) is 21.5. The van der Waals surface area contributed by atoms with E-state index in [2.05, 4.69) is 59.4 Å². The average Bonchev–Trinajstić information content (AvgIpc) is 3.39. The number of anilines is 1. The van der Waals surface area contributed by atoms with Crippen molar-refractivity contribution in [3.8, 4) is 17.1 Å². The zero-order chi connectivity index (χ0) is 24.9. The number of H-pyrrole nitrogens is 1. The monoisotopic (exact) mass is 490 g/mol. The number of nitrogens with one attached hydrogen (secondary N) is 1. The van der Waals surface area contributed by atoms with Gasteiger partial charge in [-0.2, -0.15) is 5.21 Å². The molecule has 0 saturated heterocycles. The lowest BCUT2D eigenvalue weighted by molar-refractivity contribution is 0.306. The van der Waals surface area contributed by atoms with Crippen molar-refractivity contribution in [2.24, 2.45) is 5.92 Å². The highest BCUT2D eigenvalue weighted by molar-refractivity contribution is 7.86. The number of benzene rings is 2. The van der Waals surface area contributed by atoms with E-state index in [1.165, 1.54) is 0 Å². The van der Waals surface area contributed by atoms with Crippen LogP contribution in [-0.2, 0) is 17.6 Å². The van der Waals surface area contributed by atoms with Crippen LogP contribution in [0.25, 0.3) is 11.4 Å². The van der Waals surface area contributed by atoms with Gasteiger partial charge in [0, 0.05) is 24.5 Å². The molecule has 1 N–H and O–H groups in total. The van der Waals surface area contributed by atoms with Crippen molar-refractivity contribution in [3.05, 3.63) is 77.1 Å². The normalized spacial score (nSPS) is 12.1. The SMILES string of the molecule is Cc1cc(OCc2ccc(-c3nn[nH]n3)cc2C)c(N(CC(C)C)S(=O)c2cccnc2)cc1C. The van der Waals surface area contributed by atoms with Gasteiger partial charge in [0.05, 0.1) is 10.6 Å². The van der Waals surface area contributed by atoms with E-state index in [4.69, 9.17) is 4.74 Å². The number of hydrogen-bond donors (Lipinski definition) is 1. The summed E-state index contributed by atoms with van der Waals surface area (Å²) in [6.45, 7) is 11.4. The topological polar surface area (TPSA) is 96.9 Å². The van der Waals surface area contributed by atoms with Gasteiger partial charge in [0.1, 0.15) is 12.4 Å². The number of aromatic nitrogens is 5. The van der Waals surface area contributed by atoms with Crippen molar-refractivity contribution < 1.29 is 8.95 Å². The van der Waals surface area contributed by atoms with Crippen LogP contribution in [0.15, 0.2) is 59.8 Å². The average molecular weight is 491 g/mol. The first-order valence-electron chi connectivity index (χ1n) is 11.5. The van der Waals surface area contributed by atoms with E-state index in [-0.39, 0.29) is 0 Å². The van der Waals surface area contributed by atoms with Crippen LogP contribution >= 0.6 is 0 Å². The molecule has 0 aliphatic rings. The molecule has 0 amide bonds. The molecule has 182 valence electrons. The van der Waals surface area contributed by atoms with E-state index >= 15 is 0 Å². The summed E-state index contributed by atoms with van der Waals surface area (Å²) in [5, 5.41) is 14.2. The van der Waals surface area contributed by atoms with E-state index in [0.717, 1.165) is 33.5 Å². The highest BCUT2D eigenvalue weighted by atomic mass is 32.2. The largest absolute Gasteiger partial charge is 0.487 e. The Morgan fingerprint density at radius 1 is 1.06 bits per heavy atom. The molecule has 0 saturated carbocycles. The summed E-state index contributed by atoms with van der Waals surface area (Å²) in [7, 11) is -1.42.